The third-order valence-electron chi connectivity index (χ3n) is 2.49. The van der Waals surface area contributed by atoms with Crippen LogP contribution in [0.4, 0.5) is 0 Å². The predicted molar refractivity (Wildman–Crippen MR) is 64.0 cm³/mol. The van der Waals surface area contributed by atoms with Crippen molar-refractivity contribution < 1.29 is 4.74 Å². The average Bonchev–Trinajstić information content (AvgIpc) is 2.11. The Morgan fingerprint density at radius 3 is 2.27 bits per heavy atom. The second-order valence-electron chi connectivity index (χ2n) is 4.39. The molecule has 0 spiro atoms. The van der Waals surface area contributed by atoms with Crippen LogP contribution in [0.3, 0.4) is 0 Å². The van der Waals surface area contributed by atoms with E-state index in [1.54, 1.807) is 0 Å². The van der Waals surface area contributed by atoms with Gasteiger partial charge in [-0.3, -0.25) is 5.73 Å². The maximum absolute atomic E-state index is 6.07. The first-order chi connectivity index (χ1) is 6.96. The largest absolute Gasteiger partial charge is 0.473 e. The quantitative estimate of drug-likeness (QED) is 0.770. The van der Waals surface area contributed by atoms with Crippen molar-refractivity contribution in [2.45, 2.75) is 46.3 Å². The standard InChI is InChI=1S/C13H21NO/c1-5-9-13(4,14)15-12-10(2)7-6-8-11(12)3/h6-8H,5,9,14H2,1-4H3. The van der Waals surface area contributed by atoms with Crippen LogP contribution in [0.1, 0.15) is 37.8 Å². The summed E-state index contributed by atoms with van der Waals surface area (Å²) in [4.78, 5) is 0. The normalized spacial score (nSPS) is 14.7. The van der Waals surface area contributed by atoms with E-state index >= 15 is 0 Å². The van der Waals surface area contributed by atoms with Crippen LogP contribution in [-0.2, 0) is 0 Å². The number of hydrogen-bond acceptors (Lipinski definition) is 2. The molecule has 0 aliphatic rings. The number of para-hydroxylation sites is 1. The topological polar surface area (TPSA) is 35.2 Å². The van der Waals surface area contributed by atoms with Crippen molar-refractivity contribution in [3.63, 3.8) is 0 Å². The summed E-state index contributed by atoms with van der Waals surface area (Å²) >= 11 is 0. The van der Waals surface area contributed by atoms with Gasteiger partial charge in [0.25, 0.3) is 0 Å². The molecular formula is C13H21NO. The molecule has 0 bridgehead atoms. The first-order valence-corrected chi connectivity index (χ1v) is 5.50. The molecule has 0 saturated carbocycles. The molecule has 0 amide bonds. The lowest BCUT2D eigenvalue weighted by Gasteiger charge is -2.27. The molecule has 2 heteroatoms. The van der Waals surface area contributed by atoms with E-state index in [1.165, 1.54) is 0 Å². The van der Waals surface area contributed by atoms with Gasteiger partial charge in [-0.15, -0.1) is 0 Å². The molecule has 2 nitrogen and oxygen atoms in total. The molecule has 0 aliphatic carbocycles. The fraction of sp³-hybridized carbons (Fsp3) is 0.538. The van der Waals surface area contributed by atoms with Crippen molar-refractivity contribution in [2.75, 3.05) is 0 Å². The van der Waals surface area contributed by atoms with Crippen molar-refractivity contribution in [3.8, 4) is 5.75 Å². The Morgan fingerprint density at radius 2 is 1.80 bits per heavy atom. The van der Waals surface area contributed by atoms with Crippen LogP contribution in [0.25, 0.3) is 0 Å². The Hall–Kier alpha value is -1.02. The summed E-state index contributed by atoms with van der Waals surface area (Å²) in [6.45, 7) is 8.14. The zero-order valence-electron chi connectivity index (χ0n) is 10.1. The molecule has 0 heterocycles. The summed E-state index contributed by atoms with van der Waals surface area (Å²) in [5, 5.41) is 0. The van der Waals surface area contributed by atoms with Gasteiger partial charge in [-0.05, 0) is 31.9 Å². The fourth-order valence-corrected chi connectivity index (χ4v) is 1.74. The van der Waals surface area contributed by atoms with Crippen LogP contribution in [0.2, 0.25) is 0 Å². The number of aryl methyl sites for hydroxylation is 2. The second-order valence-corrected chi connectivity index (χ2v) is 4.39. The van der Waals surface area contributed by atoms with Crippen molar-refractivity contribution in [3.05, 3.63) is 29.3 Å². The molecule has 15 heavy (non-hydrogen) atoms. The van der Waals surface area contributed by atoms with Gasteiger partial charge < -0.3 is 4.74 Å². The van der Waals surface area contributed by atoms with Crippen LogP contribution < -0.4 is 10.5 Å². The number of benzene rings is 1. The van der Waals surface area contributed by atoms with E-state index in [9.17, 15) is 0 Å². The molecule has 1 unspecified atom stereocenters. The molecule has 2 N–H and O–H groups in total. The smallest absolute Gasteiger partial charge is 0.155 e. The van der Waals surface area contributed by atoms with Gasteiger partial charge in [0.05, 0.1) is 0 Å². The molecule has 0 aromatic heterocycles. The van der Waals surface area contributed by atoms with Gasteiger partial charge in [-0.2, -0.15) is 0 Å². The van der Waals surface area contributed by atoms with Crippen molar-refractivity contribution in [1.82, 2.24) is 0 Å². The summed E-state index contributed by atoms with van der Waals surface area (Å²) in [7, 11) is 0. The van der Waals surface area contributed by atoms with Crippen LogP contribution in [0, 0.1) is 13.8 Å². The van der Waals surface area contributed by atoms with Crippen LogP contribution in [-0.4, -0.2) is 5.72 Å². The average molecular weight is 207 g/mol. The minimum atomic E-state index is -0.564. The zero-order chi connectivity index (χ0) is 11.5. The van der Waals surface area contributed by atoms with E-state index in [4.69, 9.17) is 10.5 Å². The lowest BCUT2D eigenvalue weighted by molar-refractivity contribution is 0.0837. The SMILES string of the molecule is CCCC(C)(N)Oc1c(C)cccc1C. The highest BCUT2D eigenvalue weighted by Gasteiger charge is 2.20. The number of ether oxygens (including phenoxy) is 1. The van der Waals surface area contributed by atoms with Gasteiger partial charge in [0.2, 0.25) is 0 Å². The van der Waals surface area contributed by atoms with Crippen molar-refractivity contribution in [1.29, 1.82) is 0 Å². The third kappa shape index (κ3) is 3.24. The van der Waals surface area contributed by atoms with Gasteiger partial charge in [0.15, 0.2) is 5.72 Å². The van der Waals surface area contributed by atoms with E-state index in [-0.39, 0.29) is 0 Å². The van der Waals surface area contributed by atoms with E-state index < -0.39 is 5.72 Å². The molecule has 1 aromatic rings. The van der Waals surface area contributed by atoms with E-state index in [1.807, 2.05) is 39.0 Å². The van der Waals surface area contributed by atoms with E-state index in [0.29, 0.717) is 0 Å². The number of hydrogen-bond donors (Lipinski definition) is 1. The van der Waals surface area contributed by atoms with Gasteiger partial charge in [0, 0.05) is 6.42 Å². The molecule has 0 fully saturated rings. The molecule has 0 aliphatic heterocycles. The highest BCUT2D eigenvalue weighted by Crippen LogP contribution is 2.26. The van der Waals surface area contributed by atoms with Crippen LogP contribution in [0.5, 0.6) is 5.75 Å². The van der Waals surface area contributed by atoms with E-state index in [0.717, 1.165) is 29.7 Å². The summed E-state index contributed by atoms with van der Waals surface area (Å²) in [5.74, 6) is 0.927. The molecule has 1 aromatic carbocycles. The second kappa shape index (κ2) is 4.67. The molecule has 1 atom stereocenters. The monoisotopic (exact) mass is 207 g/mol. The lowest BCUT2D eigenvalue weighted by atomic mass is 10.1. The summed E-state index contributed by atoms with van der Waals surface area (Å²) in [5.41, 5.74) is 7.79. The Kier molecular flexibility index (Phi) is 3.75. The zero-order valence-corrected chi connectivity index (χ0v) is 10.1. The first-order valence-electron chi connectivity index (χ1n) is 5.50. The van der Waals surface area contributed by atoms with Crippen LogP contribution >= 0.6 is 0 Å². The molecule has 0 radical (unpaired) electrons. The maximum atomic E-state index is 6.07. The minimum absolute atomic E-state index is 0.564. The van der Waals surface area contributed by atoms with Gasteiger partial charge in [0.1, 0.15) is 5.75 Å². The highest BCUT2D eigenvalue weighted by molar-refractivity contribution is 5.40. The van der Waals surface area contributed by atoms with Crippen molar-refractivity contribution >= 4 is 0 Å². The van der Waals surface area contributed by atoms with Gasteiger partial charge in [-0.1, -0.05) is 31.5 Å². The molecule has 1 rings (SSSR count). The van der Waals surface area contributed by atoms with Crippen LogP contribution in [0.15, 0.2) is 18.2 Å². The molecule has 0 saturated heterocycles. The first kappa shape index (κ1) is 12.1. The lowest BCUT2D eigenvalue weighted by Crippen LogP contribution is -2.42. The summed E-state index contributed by atoms with van der Waals surface area (Å²) in [6, 6.07) is 6.12. The van der Waals surface area contributed by atoms with Gasteiger partial charge in [-0.25, -0.2) is 0 Å². The number of nitrogens with two attached hydrogens (primary N) is 1. The third-order valence-corrected chi connectivity index (χ3v) is 2.49. The summed E-state index contributed by atoms with van der Waals surface area (Å²) in [6.07, 6.45) is 1.89. The Balaban J connectivity index is 2.89. The molecule has 84 valence electrons. The Morgan fingerprint density at radius 1 is 1.27 bits per heavy atom. The molecular weight excluding hydrogens is 186 g/mol. The van der Waals surface area contributed by atoms with Gasteiger partial charge >= 0.3 is 0 Å². The predicted octanol–water partition coefficient (Wildman–Crippen LogP) is 3.16. The minimum Gasteiger partial charge on any atom is -0.473 e. The Labute approximate surface area is 92.4 Å². The Bertz CT molecular complexity index is 311. The highest BCUT2D eigenvalue weighted by atomic mass is 16.5. The van der Waals surface area contributed by atoms with E-state index in [2.05, 4.69) is 6.92 Å². The van der Waals surface area contributed by atoms with Crippen molar-refractivity contribution in [2.24, 2.45) is 5.73 Å². The summed E-state index contributed by atoms with van der Waals surface area (Å²) < 4.78 is 5.88. The fourth-order valence-electron chi connectivity index (χ4n) is 1.74. The number of rotatable bonds is 4. The maximum Gasteiger partial charge on any atom is 0.155 e.